The monoisotopic (exact) mass is 264 g/mol. The van der Waals surface area contributed by atoms with E-state index < -0.39 is 0 Å². The normalized spacial score (nSPS) is 20.6. The number of ether oxygens (including phenoxy) is 1. The Kier molecular flexibility index (Phi) is 4.66. The van der Waals surface area contributed by atoms with Crippen LogP contribution in [0.3, 0.4) is 0 Å². The average Bonchev–Trinajstić information content (AvgIpc) is 2.94. The first-order chi connectivity index (χ1) is 9.21. The summed E-state index contributed by atoms with van der Waals surface area (Å²) in [5, 5.41) is 12.6. The molecule has 2 unspecified atom stereocenters. The molecule has 0 aromatic heterocycles. The third-order valence-corrected chi connectivity index (χ3v) is 4.01. The van der Waals surface area contributed by atoms with Crippen LogP contribution < -0.4 is 15.0 Å². The summed E-state index contributed by atoms with van der Waals surface area (Å²) >= 11 is 0. The highest BCUT2D eigenvalue weighted by Gasteiger charge is 2.26. The number of aliphatic hydroxyl groups is 1. The first kappa shape index (κ1) is 14.2. The number of nitrogens with zero attached hydrogens (tertiary/aromatic N) is 1. The zero-order valence-corrected chi connectivity index (χ0v) is 12.0. The maximum absolute atomic E-state index is 9.29. The number of anilines is 1. The Morgan fingerprint density at radius 1 is 1.53 bits per heavy atom. The molecule has 1 saturated heterocycles. The molecule has 106 valence electrons. The summed E-state index contributed by atoms with van der Waals surface area (Å²) in [7, 11) is 3.67. The van der Waals surface area contributed by atoms with E-state index in [2.05, 4.69) is 23.2 Å². The quantitative estimate of drug-likeness (QED) is 0.851. The number of benzene rings is 1. The smallest absolute Gasteiger partial charge is 0.125 e. The van der Waals surface area contributed by atoms with Crippen molar-refractivity contribution in [3.05, 3.63) is 23.8 Å². The zero-order valence-electron chi connectivity index (χ0n) is 12.0. The molecule has 1 aliphatic rings. The van der Waals surface area contributed by atoms with Gasteiger partial charge in [-0.1, -0.05) is 6.07 Å². The Balaban J connectivity index is 2.34. The summed E-state index contributed by atoms with van der Waals surface area (Å²) < 4.78 is 5.51. The predicted octanol–water partition coefficient (Wildman–Crippen LogP) is 1.79. The Hall–Kier alpha value is -1.26. The van der Waals surface area contributed by atoms with Crippen LogP contribution >= 0.6 is 0 Å². The molecule has 1 fully saturated rings. The molecule has 1 aromatic rings. The highest BCUT2D eigenvalue weighted by Crippen LogP contribution is 2.36. The van der Waals surface area contributed by atoms with Crippen molar-refractivity contribution < 1.29 is 9.84 Å². The van der Waals surface area contributed by atoms with Crippen LogP contribution in [-0.4, -0.2) is 39.0 Å². The third kappa shape index (κ3) is 2.85. The molecule has 2 N–H and O–H groups in total. The van der Waals surface area contributed by atoms with E-state index >= 15 is 0 Å². The van der Waals surface area contributed by atoms with Gasteiger partial charge in [-0.3, -0.25) is 0 Å². The lowest BCUT2D eigenvalue weighted by Gasteiger charge is -2.26. The molecule has 1 aromatic carbocycles. The van der Waals surface area contributed by atoms with E-state index in [0.717, 1.165) is 25.3 Å². The van der Waals surface area contributed by atoms with Gasteiger partial charge in [0.1, 0.15) is 5.75 Å². The fourth-order valence-corrected chi connectivity index (χ4v) is 2.77. The van der Waals surface area contributed by atoms with Crippen LogP contribution in [-0.2, 0) is 0 Å². The molecule has 0 aliphatic carbocycles. The molecule has 0 spiro atoms. The third-order valence-electron chi connectivity index (χ3n) is 4.01. The van der Waals surface area contributed by atoms with E-state index in [9.17, 15) is 5.11 Å². The maximum atomic E-state index is 9.29. The molecule has 19 heavy (non-hydrogen) atoms. The molecule has 2 rings (SSSR count). The van der Waals surface area contributed by atoms with Crippen LogP contribution in [0.2, 0.25) is 0 Å². The minimum absolute atomic E-state index is 0.235. The van der Waals surface area contributed by atoms with Gasteiger partial charge in [-0.25, -0.2) is 0 Å². The lowest BCUT2D eigenvalue weighted by Crippen LogP contribution is -2.24. The number of rotatable bonds is 5. The highest BCUT2D eigenvalue weighted by molar-refractivity contribution is 5.61. The van der Waals surface area contributed by atoms with Gasteiger partial charge < -0.3 is 20.1 Å². The number of aliphatic hydroxyl groups excluding tert-OH is 1. The number of hydrogen-bond acceptors (Lipinski definition) is 4. The van der Waals surface area contributed by atoms with Crippen LogP contribution in [0.1, 0.15) is 24.9 Å². The fourth-order valence-electron chi connectivity index (χ4n) is 2.77. The Labute approximate surface area is 115 Å². The van der Waals surface area contributed by atoms with Crippen LogP contribution in [0.25, 0.3) is 0 Å². The van der Waals surface area contributed by atoms with E-state index in [1.165, 1.54) is 11.3 Å². The van der Waals surface area contributed by atoms with E-state index in [1.54, 1.807) is 7.11 Å². The molecule has 0 amide bonds. The van der Waals surface area contributed by atoms with Crippen LogP contribution in [0, 0.1) is 5.92 Å². The lowest BCUT2D eigenvalue weighted by molar-refractivity contribution is 0.238. The van der Waals surface area contributed by atoms with Crippen LogP contribution in [0.4, 0.5) is 5.69 Å². The Morgan fingerprint density at radius 3 is 2.89 bits per heavy atom. The van der Waals surface area contributed by atoms with Gasteiger partial charge in [-0.15, -0.1) is 0 Å². The fraction of sp³-hybridized carbons (Fsp3) is 0.600. The molecule has 2 atom stereocenters. The van der Waals surface area contributed by atoms with Crippen LogP contribution in [0.15, 0.2) is 18.2 Å². The van der Waals surface area contributed by atoms with Gasteiger partial charge in [-0.05, 0) is 32.5 Å². The van der Waals surface area contributed by atoms with Crippen molar-refractivity contribution in [2.45, 2.75) is 19.4 Å². The average molecular weight is 264 g/mol. The van der Waals surface area contributed by atoms with Crippen LogP contribution in [0.5, 0.6) is 5.75 Å². The summed E-state index contributed by atoms with van der Waals surface area (Å²) in [5.74, 6) is 1.32. The molecule has 0 saturated carbocycles. The molecule has 0 bridgehead atoms. The molecule has 0 radical (unpaired) electrons. The molecule has 4 heteroatoms. The summed E-state index contributed by atoms with van der Waals surface area (Å²) in [4.78, 5) is 2.35. The summed E-state index contributed by atoms with van der Waals surface area (Å²) in [5.41, 5.74) is 2.42. The number of methoxy groups -OCH3 is 1. The van der Waals surface area contributed by atoms with Crippen molar-refractivity contribution in [2.24, 2.45) is 5.92 Å². The molecule has 1 heterocycles. The molecular formula is C15H24N2O2. The van der Waals surface area contributed by atoms with Crippen molar-refractivity contribution >= 4 is 5.69 Å². The first-order valence-electron chi connectivity index (χ1n) is 6.91. The van der Waals surface area contributed by atoms with Gasteiger partial charge in [-0.2, -0.15) is 0 Å². The molecular weight excluding hydrogens is 240 g/mol. The highest BCUT2D eigenvalue weighted by atomic mass is 16.5. The van der Waals surface area contributed by atoms with Crippen molar-refractivity contribution in [2.75, 3.05) is 38.8 Å². The minimum atomic E-state index is 0.235. The van der Waals surface area contributed by atoms with Gasteiger partial charge in [0.05, 0.1) is 7.11 Å². The van der Waals surface area contributed by atoms with E-state index in [0.29, 0.717) is 5.92 Å². The zero-order chi connectivity index (χ0) is 13.8. The molecule has 4 nitrogen and oxygen atoms in total. The Morgan fingerprint density at radius 2 is 2.32 bits per heavy atom. The SMILES string of the molecule is CNC(C)c1c(OC)cccc1N1CCC(CO)C1. The first-order valence-corrected chi connectivity index (χ1v) is 6.91. The standard InChI is InChI=1S/C15H24N2O2/c1-11(16-2)15-13(5-4-6-14(15)19-3)17-8-7-12(9-17)10-18/h4-6,11-12,16,18H,7-10H2,1-3H3. The maximum Gasteiger partial charge on any atom is 0.125 e. The van der Waals surface area contributed by atoms with Gasteiger partial charge in [0.15, 0.2) is 0 Å². The number of nitrogens with one attached hydrogen (secondary N) is 1. The second kappa shape index (κ2) is 6.26. The predicted molar refractivity (Wildman–Crippen MR) is 77.9 cm³/mol. The van der Waals surface area contributed by atoms with Gasteiger partial charge >= 0.3 is 0 Å². The topological polar surface area (TPSA) is 44.7 Å². The van der Waals surface area contributed by atoms with E-state index in [-0.39, 0.29) is 12.6 Å². The van der Waals surface area contributed by atoms with Gasteiger partial charge in [0.2, 0.25) is 0 Å². The molecule has 1 aliphatic heterocycles. The second-order valence-electron chi connectivity index (χ2n) is 5.19. The summed E-state index contributed by atoms with van der Waals surface area (Å²) in [6, 6.07) is 6.42. The summed E-state index contributed by atoms with van der Waals surface area (Å²) in [6.07, 6.45) is 1.06. The van der Waals surface area contributed by atoms with Crippen molar-refractivity contribution in [1.29, 1.82) is 0 Å². The minimum Gasteiger partial charge on any atom is -0.496 e. The number of hydrogen-bond donors (Lipinski definition) is 2. The van der Waals surface area contributed by atoms with Gasteiger partial charge in [0.25, 0.3) is 0 Å². The largest absolute Gasteiger partial charge is 0.496 e. The van der Waals surface area contributed by atoms with Gasteiger partial charge in [0, 0.05) is 42.9 Å². The van der Waals surface area contributed by atoms with E-state index in [1.807, 2.05) is 19.2 Å². The summed E-state index contributed by atoms with van der Waals surface area (Å²) in [6.45, 7) is 4.34. The lowest BCUT2D eigenvalue weighted by atomic mass is 10.0. The second-order valence-corrected chi connectivity index (χ2v) is 5.19. The Bertz CT molecular complexity index is 423. The van der Waals surface area contributed by atoms with Crippen molar-refractivity contribution in [3.8, 4) is 5.75 Å². The van der Waals surface area contributed by atoms with Crippen molar-refractivity contribution in [1.82, 2.24) is 5.32 Å². The van der Waals surface area contributed by atoms with E-state index in [4.69, 9.17) is 4.74 Å². The van der Waals surface area contributed by atoms with Crippen molar-refractivity contribution in [3.63, 3.8) is 0 Å².